The molecule has 1 N–H and O–H groups in total. The van der Waals surface area contributed by atoms with Crippen LogP contribution in [0.15, 0.2) is 0 Å². The molecule has 0 aromatic carbocycles. The van der Waals surface area contributed by atoms with Crippen molar-refractivity contribution in [1.82, 2.24) is 20.0 Å². The number of likely N-dealkylation sites (tertiary alicyclic amines) is 1. The lowest BCUT2D eigenvalue weighted by atomic mass is 9.85. The summed E-state index contributed by atoms with van der Waals surface area (Å²) in [6, 6.07) is 2.20. The summed E-state index contributed by atoms with van der Waals surface area (Å²) in [5.41, 5.74) is 0. The Morgan fingerprint density at radius 3 is 1.83 bits per heavy atom. The van der Waals surface area contributed by atoms with Crippen molar-refractivity contribution >= 4 is 17.7 Å². The number of nitriles is 1. The van der Waals surface area contributed by atoms with Crippen molar-refractivity contribution in [3.05, 3.63) is 0 Å². The van der Waals surface area contributed by atoms with E-state index in [-0.39, 0.29) is 48.2 Å². The highest BCUT2D eigenvalue weighted by Gasteiger charge is 2.37. The molecule has 164 valence electrons. The zero-order valence-corrected chi connectivity index (χ0v) is 17.7. The van der Waals surface area contributed by atoms with Crippen molar-refractivity contribution in [3.63, 3.8) is 0 Å². The molecule has 30 heavy (non-hydrogen) atoms. The maximum Gasteiger partial charge on any atom is 0.237 e. The van der Waals surface area contributed by atoms with E-state index < -0.39 is 0 Å². The summed E-state index contributed by atoms with van der Waals surface area (Å²) in [5, 5.41) is 12.5. The number of carbonyl (C=O) groups excluding carboxylic acids is 3. The first-order valence-electron chi connectivity index (χ1n) is 11.6. The van der Waals surface area contributed by atoms with Crippen molar-refractivity contribution in [3.8, 4) is 6.07 Å². The van der Waals surface area contributed by atoms with Gasteiger partial charge in [0.15, 0.2) is 0 Å². The third-order valence-electron chi connectivity index (χ3n) is 7.17. The molecule has 0 unspecified atom stereocenters. The van der Waals surface area contributed by atoms with E-state index in [0.29, 0.717) is 32.7 Å². The van der Waals surface area contributed by atoms with E-state index in [4.69, 9.17) is 5.26 Å². The fourth-order valence-electron chi connectivity index (χ4n) is 5.07. The molecule has 4 rings (SSSR count). The lowest BCUT2D eigenvalue weighted by molar-refractivity contribution is -0.143. The normalized spacial score (nSPS) is 29.6. The average Bonchev–Trinajstić information content (AvgIpc) is 3.53. The van der Waals surface area contributed by atoms with E-state index in [1.165, 1.54) is 0 Å². The Hall–Kier alpha value is -2.14. The van der Waals surface area contributed by atoms with Crippen LogP contribution in [0.25, 0.3) is 0 Å². The van der Waals surface area contributed by atoms with Crippen molar-refractivity contribution in [2.24, 2.45) is 11.8 Å². The summed E-state index contributed by atoms with van der Waals surface area (Å²) in [6.45, 7) is 3.60. The lowest BCUT2D eigenvalue weighted by Crippen LogP contribution is -2.53. The van der Waals surface area contributed by atoms with Crippen LogP contribution in [0.4, 0.5) is 0 Å². The fourth-order valence-corrected chi connectivity index (χ4v) is 5.07. The second kappa shape index (κ2) is 9.34. The highest BCUT2D eigenvalue weighted by molar-refractivity contribution is 5.82. The van der Waals surface area contributed by atoms with Gasteiger partial charge in [0.2, 0.25) is 17.7 Å². The highest BCUT2D eigenvalue weighted by Crippen LogP contribution is 2.32. The first-order valence-corrected chi connectivity index (χ1v) is 11.6. The van der Waals surface area contributed by atoms with Crippen LogP contribution in [-0.2, 0) is 14.4 Å². The van der Waals surface area contributed by atoms with Crippen molar-refractivity contribution < 1.29 is 14.4 Å². The topological polar surface area (TPSA) is 96.8 Å². The van der Waals surface area contributed by atoms with Gasteiger partial charge in [-0.2, -0.15) is 5.26 Å². The predicted molar refractivity (Wildman–Crippen MR) is 110 cm³/mol. The Labute approximate surface area is 178 Å². The summed E-state index contributed by atoms with van der Waals surface area (Å²) in [6.07, 6.45) is 7.21. The zero-order chi connectivity index (χ0) is 21.1. The van der Waals surface area contributed by atoms with E-state index >= 15 is 0 Å². The molecule has 2 aliphatic carbocycles. The van der Waals surface area contributed by atoms with Crippen LogP contribution in [0.3, 0.4) is 0 Å². The first kappa shape index (κ1) is 21.1. The van der Waals surface area contributed by atoms with Gasteiger partial charge >= 0.3 is 0 Å². The van der Waals surface area contributed by atoms with Crippen LogP contribution in [0, 0.1) is 23.2 Å². The summed E-state index contributed by atoms with van der Waals surface area (Å²) in [7, 11) is 0. The van der Waals surface area contributed by atoms with Gasteiger partial charge in [0.05, 0.1) is 12.6 Å². The molecule has 0 aromatic heterocycles. The minimum atomic E-state index is -0.271. The second-order valence-corrected chi connectivity index (χ2v) is 9.23. The third-order valence-corrected chi connectivity index (χ3v) is 7.17. The summed E-state index contributed by atoms with van der Waals surface area (Å²) < 4.78 is 0. The summed E-state index contributed by atoms with van der Waals surface area (Å²) in [5.74, 6) is 0.829. The van der Waals surface area contributed by atoms with Crippen LogP contribution in [0.2, 0.25) is 0 Å². The van der Waals surface area contributed by atoms with Crippen LogP contribution in [0.1, 0.15) is 51.4 Å². The van der Waals surface area contributed by atoms with Crippen LogP contribution in [-0.4, -0.2) is 83.8 Å². The first-order chi connectivity index (χ1) is 14.6. The number of hydrogen-bond acceptors (Lipinski definition) is 5. The van der Waals surface area contributed by atoms with Crippen LogP contribution >= 0.6 is 0 Å². The Bertz CT molecular complexity index is 700. The number of piperazine rings is 1. The smallest absolute Gasteiger partial charge is 0.237 e. The van der Waals surface area contributed by atoms with E-state index in [1.54, 1.807) is 4.90 Å². The second-order valence-electron chi connectivity index (χ2n) is 9.23. The van der Waals surface area contributed by atoms with Gasteiger partial charge in [-0.05, 0) is 51.4 Å². The van der Waals surface area contributed by atoms with E-state index in [9.17, 15) is 14.4 Å². The zero-order valence-electron chi connectivity index (χ0n) is 17.7. The maximum atomic E-state index is 12.9. The molecule has 2 aliphatic heterocycles. The molecule has 3 amide bonds. The summed E-state index contributed by atoms with van der Waals surface area (Å²) >= 11 is 0. The average molecular weight is 416 g/mol. The number of rotatable bonds is 5. The SMILES string of the molecule is N#C[C@@H]1CCCN1C(=O)CN[C@H]1CC[C@H](C(=O)N2CCN(C(=O)C3CC3)CC2)CC1. The third kappa shape index (κ3) is 4.77. The standard InChI is InChI=1S/C22H33N5O3/c23-14-19-2-1-9-27(19)20(28)15-24-18-7-5-17(6-8-18)22(30)26-12-10-25(11-13-26)21(29)16-3-4-16/h16-19,24H,1-13,15H2/t17-,18-,19-/m0/s1. The molecule has 0 bridgehead atoms. The molecule has 2 saturated carbocycles. The number of hydrogen-bond donors (Lipinski definition) is 1. The molecule has 4 aliphatic rings. The van der Waals surface area contributed by atoms with Gasteiger partial charge in [0.25, 0.3) is 0 Å². The van der Waals surface area contributed by atoms with Gasteiger partial charge in [-0.3, -0.25) is 14.4 Å². The largest absolute Gasteiger partial charge is 0.339 e. The van der Waals surface area contributed by atoms with Crippen molar-refractivity contribution in [2.75, 3.05) is 39.3 Å². The maximum absolute atomic E-state index is 12.9. The lowest BCUT2D eigenvalue weighted by Gasteiger charge is -2.38. The molecule has 8 heteroatoms. The van der Waals surface area contributed by atoms with Crippen LogP contribution in [0.5, 0.6) is 0 Å². The Morgan fingerprint density at radius 2 is 1.33 bits per heavy atom. The molecule has 1 atom stereocenters. The molecule has 0 spiro atoms. The van der Waals surface area contributed by atoms with Gasteiger partial charge in [0.1, 0.15) is 6.04 Å². The van der Waals surface area contributed by atoms with Gasteiger partial charge < -0.3 is 20.0 Å². The monoisotopic (exact) mass is 415 g/mol. The number of nitrogens with zero attached hydrogens (tertiary/aromatic N) is 4. The molecule has 0 radical (unpaired) electrons. The van der Waals surface area contributed by atoms with Crippen molar-refractivity contribution in [1.29, 1.82) is 5.26 Å². The fraction of sp³-hybridized carbons (Fsp3) is 0.818. The van der Waals surface area contributed by atoms with E-state index in [1.807, 2.05) is 9.80 Å². The predicted octanol–water partition coefficient (Wildman–Crippen LogP) is 0.730. The molecule has 4 fully saturated rings. The molecular weight excluding hydrogens is 382 g/mol. The summed E-state index contributed by atoms with van der Waals surface area (Å²) in [4.78, 5) is 43.0. The van der Waals surface area contributed by atoms with E-state index in [0.717, 1.165) is 51.4 Å². The van der Waals surface area contributed by atoms with E-state index in [2.05, 4.69) is 11.4 Å². The minimum Gasteiger partial charge on any atom is -0.339 e. The van der Waals surface area contributed by atoms with Gasteiger partial charge in [-0.15, -0.1) is 0 Å². The molecular formula is C22H33N5O3. The minimum absolute atomic E-state index is 0.0101. The Balaban J connectivity index is 1.16. The highest BCUT2D eigenvalue weighted by atomic mass is 16.2. The van der Waals surface area contributed by atoms with Gasteiger partial charge in [0, 0.05) is 50.6 Å². The van der Waals surface area contributed by atoms with Crippen molar-refractivity contribution in [2.45, 2.75) is 63.5 Å². The van der Waals surface area contributed by atoms with Gasteiger partial charge in [-0.1, -0.05) is 0 Å². The molecule has 2 saturated heterocycles. The quantitative estimate of drug-likeness (QED) is 0.714. The van der Waals surface area contributed by atoms with Crippen LogP contribution < -0.4 is 5.32 Å². The molecule has 2 heterocycles. The van der Waals surface area contributed by atoms with Gasteiger partial charge in [-0.25, -0.2) is 0 Å². The molecule has 8 nitrogen and oxygen atoms in total. The number of carbonyl (C=O) groups is 3. The molecule has 0 aromatic rings. The number of amides is 3. The Kier molecular flexibility index (Phi) is 6.57. The number of nitrogens with one attached hydrogen (secondary N) is 1. The Morgan fingerprint density at radius 1 is 0.800 bits per heavy atom.